The number of nitrogens with one attached hydrogen (secondary N) is 1. The number of nitrogens with zero attached hydrogens (tertiary/aromatic N) is 1. The average molecular weight is 283 g/mol. The lowest BCUT2D eigenvalue weighted by atomic mass is 10.0. The highest BCUT2D eigenvalue weighted by Gasteiger charge is 2.15. The molecule has 0 bridgehead atoms. The van der Waals surface area contributed by atoms with Crippen LogP contribution in [0.5, 0.6) is 0 Å². The van der Waals surface area contributed by atoms with Crippen LogP contribution in [-0.2, 0) is 6.42 Å². The molecule has 1 rings (SSSR count). The van der Waals surface area contributed by atoms with Gasteiger partial charge in [-0.05, 0) is 31.4 Å². The Bertz CT molecular complexity index is 434. The Balaban J connectivity index is 2.81. The van der Waals surface area contributed by atoms with Gasteiger partial charge in [-0.3, -0.25) is 4.79 Å². The molecule has 0 aliphatic heterocycles. The van der Waals surface area contributed by atoms with Crippen LogP contribution in [0.1, 0.15) is 56.6 Å². The third-order valence-corrected chi connectivity index (χ3v) is 3.67. The molecule has 0 saturated carbocycles. The van der Waals surface area contributed by atoms with E-state index in [-0.39, 0.29) is 11.9 Å². The SMILES string of the molecule is CCCc1cc(C(=O)NC(C)C(C)CC)cc(Cl)n1. The first kappa shape index (κ1) is 16.0. The van der Waals surface area contributed by atoms with Crippen molar-refractivity contribution < 1.29 is 4.79 Å². The van der Waals surface area contributed by atoms with E-state index in [0.29, 0.717) is 16.6 Å². The van der Waals surface area contributed by atoms with Crippen molar-refractivity contribution in [2.24, 2.45) is 5.92 Å². The van der Waals surface area contributed by atoms with Gasteiger partial charge in [0.15, 0.2) is 0 Å². The van der Waals surface area contributed by atoms with Crippen molar-refractivity contribution in [2.45, 2.75) is 53.0 Å². The lowest BCUT2D eigenvalue weighted by Crippen LogP contribution is -2.37. The summed E-state index contributed by atoms with van der Waals surface area (Å²) in [6, 6.07) is 3.60. The molecule has 3 nitrogen and oxygen atoms in total. The van der Waals surface area contributed by atoms with Crippen LogP contribution in [0.15, 0.2) is 12.1 Å². The molecule has 0 spiro atoms. The van der Waals surface area contributed by atoms with E-state index in [9.17, 15) is 4.79 Å². The molecule has 4 heteroatoms. The van der Waals surface area contributed by atoms with E-state index in [4.69, 9.17) is 11.6 Å². The topological polar surface area (TPSA) is 42.0 Å². The number of hydrogen-bond acceptors (Lipinski definition) is 2. The molecule has 0 aliphatic carbocycles. The summed E-state index contributed by atoms with van der Waals surface area (Å²) >= 11 is 5.97. The summed E-state index contributed by atoms with van der Waals surface area (Å²) in [6.45, 7) is 8.36. The Morgan fingerprint density at radius 3 is 2.63 bits per heavy atom. The molecule has 1 heterocycles. The molecular formula is C15H23ClN2O. The summed E-state index contributed by atoms with van der Waals surface area (Å²) in [4.78, 5) is 16.4. The summed E-state index contributed by atoms with van der Waals surface area (Å²) in [5.74, 6) is 0.380. The van der Waals surface area contributed by atoms with Gasteiger partial charge in [-0.15, -0.1) is 0 Å². The molecule has 0 saturated heterocycles. The van der Waals surface area contributed by atoms with E-state index in [0.717, 1.165) is 25.0 Å². The fourth-order valence-electron chi connectivity index (χ4n) is 1.85. The number of aryl methyl sites for hydroxylation is 1. The maximum Gasteiger partial charge on any atom is 0.251 e. The molecular weight excluding hydrogens is 260 g/mol. The number of rotatable bonds is 6. The summed E-state index contributed by atoms with van der Waals surface area (Å²) in [5, 5.41) is 3.40. The van der Waals surface area contributed by atoms with Gasteiger partial charge in [0.25, 0.3) is 5.91 Å². The molecule has 2 unspecified atom stereocenters. The molecule has 1 aromatic heterocycles. The molecule has 1 N–H and O–H groups in total. The van der Waals surface area contributed by atoms with Crippen LogP contribution in [0.4, 0.5) is 0 Å². The summed E-state index contributed by atoms with van der Waals surface area (Å²) in [7, 11) is 0. The zero-order valence-corrected chi connectivity index (χ0v) is 12.9. The highest BCUT2D eigenvalue weighted by Crippen LogP contribution is 2.14. The largest absolute Gasteiger partial charge is 0.349 e. The van der Waals surface area contributed by atoms with Crippen molar-refractivity contribution in [2.75, 3.05) is 0 Å². The second-order valence-corrected chi connectivity index (χ2v) is 5.45. The Kier molecular flexibility index (Phi) is 6.29. The number of carbonyl (C=O) groups excluding carboxylic acids is 1. The highest BCUT2D eigenvalue weighted by atomic mass is 35.5. The third kappa shape index (κ3) is 4.83. The number of aromatic nitrogens is 1. The van der Waals surface area contributed by atoms with Gasteiger partial charge < -0.3 is 5.32 Å². The van der Waals surface area contributed by atoms with E-state index >= 15 is 0 Å². The smallest absolute Gasteiger partial charge is 0.251 e. The minimum absolute atomic E-state index is 0.0746. The quantitative estimate of drug-likeness (QED) is 0.805. The molecule has 1 amide bonds. The Morgan fingerprint density at radius 2 is 2.05 bits per heavy atom. The van der Waals surface area contributed by atoms with Crippen molar-refractivity contribution >= 4 is 17.5 Å². The predicted molar refractivity (Wildman–Crippen MR) is 79.6 cm³/mol. The number of carbonyl (C=O) groups is 1. The van der Waals surface area contributed by atoms with Crippen molar-refractivity contribution in [3.63, 3.8) is 0 Å². The van der Waals surface area contributed by atoms with Gasteiger partial charge in [-0.2, -0.15) is 0 Å². The predicted octanol–water partition coefficient (Wildman–Crippen LogP) is 3.85. The molecule has 0 radical (unpaired) electrons. The lowest BCUT2D eigenvalue weighted by Gasteiger charge is -2.20. The summed E-state index contributed by atoms with van der Waals surface area (Å²) in [5.41, 5.74) is 1.47. The zero-order valence-electron chi connectivity index (χ0n) is 12.2. The highest BCUT2D eigenvalue weighted by molar-refractivity contribution is 6.29. The van der Waals surface area contributed by atoms with Gasteiger partial charge >= 0.3 is 0 Å². The summed E-state index contributed by atoms with van der Waals surface area (Å²) < 4.78 is 0. The van der Waals surface area contributed by atoms with Gasteiger partial charge in [0, 0.05) is 17.3 Å². The first-order valence-corrected chi connectivity index (χ1v) is 7.33. The van der Waals surface area contributed by atoms with Gasteiger partial charge in [-0.1, -0.05) is 45.2 Å². The summed E-state index contributed by atoms with van der Waals surface area (Å²) in [6.07, 6.45) is 2.86. The van der Waals surface area contributed by atoms with Crippen LogP contribution in [0, 0.1) is 5.92 Å². The molecule has 1 aromatic rings. The van der Waals surface area contributed by atoms with E-state index in [1.54, 1.807) is 6.07 Å². The van der Waals surface area contributed by atoms with Gasteiger partial charge in [0.1, 0.15) is 5.15 Å². The van der Waals surface area contributed by atoms with Gasteiger partial charge in [-0.25, -0.2) is 4.98 Å². The molecule has 0 aromatic carbocycles. The first-order valence-electron chi connectivity index (χ1n) is 6.95. The lowest BCUT2D eigenvalue weighted by molar-refractivity contribution is 0.0928. The Morgan fingerprint density at radius 1 is 1.37 bits per heavy atom. The van der Waals surface area contributed by atoms with Crippen molar-refractivity contribution in [1.82, 2.24) is 10.3 Å². The minimum atomic E-state index is -0.0746. The Labute approximate surface area is 120 Å². The van der Waals surface area contributed by atoms with Crippen LogP contribution in [0.3, 0.4) is 0 Å². The molecule has 0 fully saturated rings. The second kappa shape index (κ2) is 7.49. The molecule has 0 aliphatic rings. The molecule has 19 heavy (non-hydrogen) atoms. The van der Waals surface area contributed by atoms with E-state index in [2.05, 4.69) is 31.1 Å². The molecule has 2 atom stereocenters. The average Bonchev–Trinajstić information content (AvgIpc) is 2.37. The van der Waals surface area contributed by atoms with Crippen LogP contribution in [-0.4, -0.2) is 16.9 Å². The van der Waals surface area contributed by atoms with E-state index < -0.39 is 0 Å². The van der Waals surface area contributed by atoms with Crippen LogP contribution < -0.4 is 5.32 Å². The fourth-order valence-corrected chi connectivity index (χ4v) is 2.08. The normalized spacial score (nSPS) is 13.9. The Hall–Kier alpha value is -1.09. The van der Waals surface area contributed by atoms with Crippen molar-refractivity contribution in [1.29, 1.82) is 0 Å². The fraction of sp³-hybridized carbons (Fsp3) is 0.600. The number of hydrogen-bond donors (Lipinski definition) is 1. The third-order valence-electron chi connectivity index (χ3n) is 3.47. The number of pyridine rings is 1. The standard InChI is InChI=1S/C15H23ClN2O/c1-5-7-13-8-12(9-14(16)18-13)15(19)17-11(4)10(3)6-2/h8-11H,5-7H2,1-4H3,(H,17,19). The van der Waals surface area contributed by atoms with Gasteiger partial charge in [0.2, 0.25) is 0 Å². The maximum absolute atomic E-state index is 12.2. The second-order valence-electron chi connectivity index (χ2n) is 5.07. The molecule has 106 valence electrons. The van der Waals surface area contributed by atoms with Crippen molar-refractivity contribution in [3.8, 4) is 0 Å². The first-order chi connectivity index (χ1) is 8.97. The van der Waals surface area contributed by atoms with E-state index in [1.807, 2.05) is 13.0 Å². The van der Waals surface area contributed by atoms with Gasteiger partial charge in [0.05, 0.1) is 0 Å². The van der Waals surface area contributed by atoms with Crippen LogP contribution >= 0.6 is 11.6 Å². The monoisotopic (exact) mass is 282 g/mol. The van der Waals surface area contributed by atoms with Crippen LogP contribution in [0.25, 0.3) is 0 Å². The van der Waals surface area contributed by atoms with Crippen molar-refractivity contribution in [3.05, 3.63) is 28.5 Å². The maximum atomic E-state index is 12.2. The number of amides is 1. The van der Waals surface area contributed by atoms with E-state index in [1.165, 1.54) is 0 Å². The van der Waals surface area contributed by atoms with Crippen LogP contribution in [0.2, 0.25) is 5.15 Å². The minimum Gasteiger partial charge on any atom is -0.349 e. The zero-order chi connectivity index (χ0) is 14.4. The number of halogens is 1.